The van der Waals surface area contributed by atoms with Crippen LogP contribution in [0.1, 0.15) is 28.3 Å². The maximum absolute atomic E-state index is 12.1. The van der Waals surface area contributed by atoms with Crippen molar-refractivity contribution in [3.8, 4) is 0 Å². The summed E-state index contributed by atoms with van der Waals surface area (Å²) in [5, 5.41) is 12.1. The first-order valence-corrected chi connectivity index (χ1v) is 9.44. The monoisotopic (exact) mass is 384 g/mol. The predicted octanol–water partition coefficient (Wildman–Crippen LogP) is 3.09. The highest BCUT2D eigenvalue weighted by Crippen LogP contribution is 2.48. The second-order valence-corrected chi connectivity index (χ2v) is 7.31. The fraction of sp³-hybridized carbons (Fsp3) is 0.130. The molecule has 0 saturated carbocycles. The second kappa shape index (κ2) is 6.55. The van der Waals surface area contributed by atoms with Crippen LogP contribution in [0.25, 0.3) is 11.0 Å². The number of aliphatic hydroxyl groups is 1. The van der Waals surface area contributed by atoms with Gasteiger partial charge in [0.15, 0.2) is 11.7 Å². The zero-order chi connectivity index (χ0) is 20.0. The molecule has 0 spiro atoms. The molecule has 5 rings (SSSR count). The molecule has 0 radical (unpaired) electrons. The minimum atomic E-state index is -1.47. The van der Waals surface area contributed by atoms with Crippen LogP contribution >= 0.6 is 0 Å². The second-order valence-electron chi connectivity index (χ2n) is 7.31. The van der Waals surface area contributed by atoms with Gasteiger partial charge in [-0.15, -0.1) is 0 Å². The van der Waals surface area contributed by atoms with Gasteiger partial charge in [0.2, 0.25) is 0 Å². The van der Waals surface area contributed by atoms with E-state index in [0.717, 1.165) is 28.4 Å². The van der Waals surface area contributed by atoms with Crippen molar-refractivity contribution in [3.63, 3.8) is 0 Å². The summed E-state index contributed by atoms with van der Waals surface area (Å²) in [5.74, 6) is 0.322. The molecule has 1 aliphatic heterocycles. The summed E-state index contributed by atoms with van der Waals surface area (Å²) in [4.78, 5) is 21.2. The molecule has 1 aromatic heterocycles. The number of hydrogen-bond acceptors (Lipinski definition) is 5. The number of H-pyrrole nitrogens is 1. The van der Waals surface area contributed by atoms with Crippen molar-refractivity contribution in [1.82, 2.24) is 14.9 Å². The summed E-state index contributed by atoms with van der Waals surface area (Å²) in [7, 11) is 0. The van der Waals surface area contributed by atoms with Gasteiger partial charge in [-0.05, 0) is 23.3 Å². The predicted molar refractivity (Wildman–Crippen MR) is 111 cm³/mol. The maximum Gasteiger partial charge on any atom is 0.198 e. The molecule has 4 N–H and O–H groups in total. The van der Waals surface area contributed by atoms with Crippen LogP contribution in [-0.2, 0) is 17.1 Å². The number of benzene rings is 3. The van der Waals surface area contributed by atoms with Crippen molar-refractivity contribution >= 4 is 23.3 Å². The summed E-state index contributed by atoms with van der Waals surface area (Å²) >= 11 is 0. The highest BCUT2D eigenvalue weighted by molar-refractivity contribution is 5.78. The van der Waals surface area contributed by atoms with E-state index in [2.05, 4.69) is 9.97 Å². The number of hydrogen-bond donors (Lipinski definition) is 3. The van der Waals surface area contributed by atoms with Gasteiger partial charge >= 0.3 is 0 Å². The van der Waals surface area contributed by atoms with Gasteiger partial charge in [0.05, 0.1) is 17.1 Å². The zero-order valence-corrected chi connectivity index (χ0v) is 15.6. The van der Waals surface area contributed by atoms with Crippen LogP contribution < -0.4 is 5.73 Å². The normalized spacial score (nSPS) is 21.3. The molecule has 144 valence electrons. The molecule has 0 bridgehead atoms. The Labute approximate surface area is 167 Å². The minimum Gasteiger partial charge on any atom is -0.369 e. The lowest BCUT2D eigenvalue weighted by Crippen LogP contribution is -2.43. The van der Waals surface area contributed by atoms with E-state index in [1.165, 1.54) is 0 Å². The Hall–Kier alpha value is -3.48. The Bertz CT molecular complexity index is 1200. The van der Waals surface area contributed by atoms with Gasteiger partial charge in [-0.25, -0.2) is 9.88 Å². The molecule has 0 fully saturated rings. The number of aldehydes is 1. The largest absolute Gasteiger partial charge is 0.369 e. The summed E-state index contributed by atoms with van der Waals surface area (Å²) in [6.45, 7) is 0.415. The third-order valence-electron chi connectivity index (χ3n) is 5.63. The lowest BCUT2D eigenvalue weighted by atomic mass is 9.93. The van der Waals surface area contributed by atoms with E-state index in [1.54, 1.807) is 0 Å². The van der Waals surface area contributed by atoms with Gasteiger partial charge in [0.1, 0.15) is 6.29 Å². The molecule has 0 aliphatic carbocycles. The van der Waals surface area contributed by atoms with Gasteiger partial charge in [-0.2, -0.15) is 0 Å². The van der Waals surface area contributed by atoms with Crippen LogP contribution in [0.2, 0.25) is 0 Å². The summed E-state index contributed by atoms with van der Waals surface area (Å²) < 4.78 is 0. The lowest BCUT2D eigenvalue weighted by molar-refractivity contribution is -0.126. The molecule has 29 heavy (non-hydrogen) atoms. The Balaban J connectivity index is 1.71. The third kappa shape index (κ3) is 2.65. The van der Waals surface area contributed by atoms with E-state index in [1.807, 2.05) is 77.7 Å². The van der Waals surface area contributed by atoms with Gasteiger partial charge < -0.3 is 20.6 Å². The molecular weight excluding hydrogens is 364 g/mol. The number of aromatic amines is 1. The van der Waals surface area contributed by atoms with Crippen LogP contribution in [0.3, 0.4) is 0 Å². The van der Waals surface area contributed by atoms with Crippen molar-refractivity contribution < 1.29 is 9.90 Å². The molecule has 0 saturated heterocycles. The first-order chi connectivity index (χ1) is 14.1. The smallest absolute Gasteiger partial charge is 0.198 e. The number of nitrogens with two attached hydrogens (primary N) is 1. The molecule has 0 amide bonds. The average molecular weight is 384 g/mol. The van der Waals surface area contributed by atoms with Gasteiger partial charge in [0.25, 0.3) is 0 Å². The van der Waals surface area contributed by atoms with E-state index in [4.69, 9.17) is 5.73 Å². The highest BCUT2D eigenvalue weighted by Gasteiger charge is 2.50. The Kier molecular flexibility index (Phi) is 3.97. The molecule has 4 aromatic rings. The molecule has 3 aromatic carbocycles. The van der Waals surface area contributed by atoms with Crippen molar-refractivity contribution in [2.75, 3.05) is 5.73 Å². The number of rotatable bonds is 4. The van der Waals surface area contributed by atoms with Crippen molar-refractivity contribution in [2.24, 2.45) is 0 Å². The van der Waals surface area contributed by atoms with E-state index in [-0.39, 0.29) is 0 Å². The molecule has 2 atom stereocenters. The standard InChI is InChI=1S/C23H20N4O2/c24-22-25-19-11-10-16(12-20(19)26-22)23(29)18-9-5-4-8-17(18)21(14-28)27(23)13-15-6-2-1-3-7-15/h1-12,14,21,29H,13H2,(H3,24,25,26). The lowest BCUT2D eigenvalue weighted by Gasteiger charge is -2.36. The van der Waals surface area contributed by atoms with E-state index >= 15 is 0 Å². The van der Waals surface area contributed by atoms with Gasteiger partial charge in [-0.3, -0.25) is 0 Å². The first kappa shape index (κ1) is 17.6. The topological polar surface area (TPSA) is 95.2 Å². The van der Waals surface area contributed by atoms with E-state index in [0.29, 0.717) is 23.6 Å². The summed E-state index contributed by atoms with van der Waals surface area (Å²) in [5.41, 5.74) is 8.97. The fourth-order valence-corrected chi connectivity index (χ4v) is 4.30. The number of imidazole rings is 1. The Morgan fingerprint density at radius 2 is 1.86 bits per heavy atom. The number of nitrogen functional groups attached to an aromatic ring is 1. The summed E-state index contributed by atoms with van der Waals surface area (Å²) in [6, 6.07) is 22.3. The van der Waals surface area contributed by atoms with Crippen LogP contribution in [0.4, 0.5) is 5.95 Å². The third-order valence-corrected chi connectivity index (χ3v) is 5.63. The number of aromatic nitrogens is 2. The molecule has 2 heterocycles. The number of carbonyl (C=O) groups is 1. The molecule has 1 aliphatic rings. The number of nitrogens with zero attached hydrogens (tertiary/aromatic N) is 2. The average Bonchev–Trinajstić information content (AvgIpc) is 3.23. The zero-order valence-electron chi connectivity index (χ0n) is 15.6. The van der Waals surface area contributed by atoms with Gasteiger partial charge in [-0.1, -0.05) is 60.7 Å². The Morgan fingerprint density at radius 3 is 2.66 bits per heavy atom. The van der Waals surface area contributed by atoms with Crippen LogP contribution in [0.15, 0.2) is 72.8 Å². The number of nitrogens with one attached hydrogen (secondary N) is 1. The molecular formula is C23H20N4O2. The van der Waals surface area contributed by atoms with Crippen LogP contribution in [-0.4, -0.2) is 26.3 Å². The molecule has 6 nitrogen and oxygen atoms in total. The van der Waals surface area contributed by atoms with E-state index < -0.39 is 11.8 Å². The van der Waals surface area contributed by atoms with Crippen LogP contribution in [0, 0.1) is 0 Å². The fourth-order valence-electron chi connectivity index (χ4n) is 4.30. The highest BCUT2D eigenvalue weighted by atomic mass is 16.3. The molecule has 2 unspecified atom stereocenters. The Morgan fingerprint density at radius 1 is 1.10 bits per heavy atom. The van der Waals surface area contributed by atoms with Gasteiger partial charge in [0, 0.05) is 17.7 Å². The number of anilines is 1. The minimum absolute atomic E-state index is 0.322. The number of fused-ring (bicyclic) bond motifs is 2. The van der Waals surface area contributed by atoms with Crippen molar-refractivity contribution in [3.05, 3.63) is 95.1 Å². The van der Waals surface area contributed by atoms with E-state index in [9.17, 15) is 9.90 Å². The quantitative estimate of drug-likeness (QED) is 0.470. The summed E-state index contributed by atoms with van der Waals surface area (Å²) in [6.07, 6.45) is 0.895. The SMILES string of the molecule is Nc1nc2ccc(C3(O)c4ccccc4C(C=O)N3Cc3ccccc3)cc2[nH]1. The maximum atomic E-state index is 12.1. The first-order valence-electron chi connectivity index (χ1n) is 9.44. The van der Waals surface area contributed by atoms with Crippen LogP contribution in [0.5, 0.6) is 0 Å². The number of carbonyl (C=O) groups excluding carboxylic acids is 1. The van der Waals surface area contributed by atoms with Crippen molar-refractivity contribution in [2.45, 2.75) is 18.3 Å². The molecule has 6 heteroatoms. The van der Waals surface area contributed by atoms with Crippen molar-refractivity contribution in [1.29, 1.82) is 0 Å².